The van der Waals surface area contributed by atoms with E-state index in [0.29, 0.717) is 11.3 Å². The van der Waals surface area contributed by atoms with Gasteiger partial charge in [-0.25, -0.2) is 0 Å². The fourth-order valence-electron chi connectivity index (χ4n) is 1.05. The second-order valence-corrected chi connectivity index (χ2v) is 2.52. The number of para-hydroxylation sites is 1. The Morgan fingerprint density at radius 3 is 2.53 bits per heavy atom. The molecule has 0 fully saturated rings. The number of nitrogens with two attached hydrogens (primary N) is 1. The Morgan fingerprint density at radius 1 is 1.40 bits per heavy atom. The number of carbonyl (C=O) groups is 1. The molecule has 84 valence electrons. The number of hydrogen-bond acceptors (Lipinski definition) is 3. The van der Waals surface area contributed by atoms with Crippen molar-refractivity contribution in [1.82, 2.24) is 0 Å². The molecule has 1 amide bonds. The molecule has 1 aromatic carbocycles. The van der Waals surface area contributed by atoms with Gasteiger partial charge in [0.25, 0.3) is 0 Å². The van der Waals surface area contributed by atoms with Crippen molar-refractivity contribution in [2.24, 2.45) is 5.73 Å². The zero-order valence-electron chi connectivity index (χ0n) is 9.06. The van der Waals surface area contributed by atoms with Crippen LogP contribution in [0.3, 0.4) is 0 Å². The zero-order valence-corrected chi connectivity index (χ0v) is 9.06. The Hall–Kier alpha value is -1.55. The lowest BCUT2D eigenvalue weighted by molar-refractivity contribution is -0.117. The quantitative estimate of drug-likeness (QED) is 0.732. The second kappa shape index (κ2) is 7.82. The summed E-state index contributed by atoms with van der Waals surface area (Å²) in [5, 5.41) is 8.54. The monoisotopic (exact) mass is 211 g/mol. The molecule has 15 heavy (non-hydrogen) atoms. The summed E-state index contributed by atoms with van der Waals surface area (Å²) >= 11 is 0. The molecule has 3 N–H and O–H groups in total. The topological polar surface area (TPSA) is 72.6 Å². The van der Waals surface area contributed by atoms with Gasteiger partial charge in [-0.2, -0.15) is 0 Å². The summed E-state index contributed by atoms with van der Waals surface area (Å²) in [6, 6.07) is 6.95. The van der Waals surface area contributed by atoms with Crippen LogP contribution < -0.4 is 10.5 Å². The normalized spacial score (nSPS) is 8.73. The van der Waals surface area contributed by atoms with Gasteiger partial charge in [0, 0.05) is 5.56 Å². The summed E-state index contributed by atoms with van der Waals surface area (Å²) in [5.74, 6) is 0.0674. The lowest BCUT2D eigenvalue weighted by atomic mass is 10.1. The smallest absolute Gasteiger partial charge is 0.221 e. The van der Waals surface area contributed by atoms with E-state index < -0.39 is 12.7 Å². The molecule has 0 heterocycles. The van der Waals surface area contributed by atoms with Crippen LogP contribution in [0.25, 0.3) is 0 Å². The third kappa shape index (κ3) is 5.02. The molecule has 0 saturated carbocycles. The number of aliphatic hydroxyl groups is 1. The highest BCUT2D eigenvalue weighted by atomic mass is 16.6. The van der Waals surface area contributed by atoms with E-state index in [-0.39, 0.29) is 6.42 Å². The minimum atomic E-state index is -0.422. The van der Waals surface area contributed by atoms with Gasteiger partial charge in [0.2, 0.25) is 5.91 Å². The Bertz CT molecular complexity index is 300. The van der Waals surface area contributed by atoms with Crippen LogP contribution in [-0.4, -0.2) is 17.8 Å². The van der Waals surface area contributed by atoms with E-state index >= 15 is 0 Å². The van der Waals surface area contributed by atoms with Crippen LogP contribution in [0.1, 0.15) is 19.4 Å². The van der Waals surface area contributed by atoms with Crippen molar-refractivity contribution >= 4 is 5.91 Å². The van der Waals surface area contributed by atoms with Gasteiger partial charge in [0.05, 0.1) is 6.42 Å². The molecule has 4 nitrogen and oxygen atoms in total. The molecule has 4 heteroatoms. The lowest BCUT2D eigenvalue weighted by Crippen LogP contribution is -2.14. The average Bonchev–Trinajstić information content (AvgIpc) is 2.23. The first-order chi connectivity index (χ1) is 7.24. The van der Waals surface area contributed by atoms with Crippen LogP contribution in [0.4, 0.5) is 0 Å². The number of carbonyl (C=O) groups excluding carboxylic acids is 1. The Labute approximate surface area is 89.7 Å². The van der Waals surface area contributed by atoms with E-state index in [1.807, 2.05) is 13.8 Å². The Kier molecular flexibility index (Phi) is 7.01. The number of rotatable bonds is 4. The van der Waals surface area contributed by atoms with Gasteiger partial charge in [-0.3, -0.25) is 4.79 Å². The fourth-order valence-corrected chi connectivity index (χ4v) is 1.05. The molecule has 0 bridgehead atoms. The first-order valence-electron chi connectivity index (χ1n) is 4.84. The summed E-state index contributed by atoms with van der Waals surface area (Å²) in [7, 11) is 0. The molecule has 0 unspecified atom stereocenters. The maximum atomic E-state index is 10.6. The average molecular weight is 211 g/mol. The molecule has 0 spiro atoms. The van der Waals surface area contributed by atoms with Gasteiger partial charge in [0.15, 0.2) is 6.79 Å². The number of amides is 1. The summed E-state index contributed by atoms with van der Waals surface area (Å²) in [6.07, 6.45) is 0.121. The number of aliphatic hydroxyl groups excluding tert-OH is 1. The van der Waals surface area contributed by atoms with Crippen molar-refractivity contribution in [2.75, 3.05) is 6.79 Å². The zero-order chi connectivity index (χ0) is 11.7. The van der Waals surface area contributed by atoms with Crippen molar-refractivity contribution in [1.29, 1.82) is 0 Å². The van der Waals surface area contributed by atoms with Gasteiger partial charge in [-0.05, 0) is 6.07 Å². The van der Waals surface area contributed by atoms with E-state index in [9.17, 15) is 4.79 Å². The number of ether oxygens (including phenoxy) is 1. The predicted molar refractivity (Wildman–Crippen MR) is 58.4 cm³/mol. The molecule has 0 atom stereocenters. The SMILES string of the molecule is CC.NC(=O)Cc1ccccc1OCO. The highest BCUT2D eigenvalue weighted by Gasteiger charge is 2.04. The third-order valence-corrected chi connectivity index (χ3v) is 1.56. The van der Waals surface area contributed by atoms with E-state index in [1.54, 1.807) is 24.3 Å². The highest BCUT2D eigenvalue weighted by molar-refractivity contribution is 5.77. The number of hydrogen-bond donors (Lipinski definition) is 2. The molecule has 0 saturated heterocycles. The summed E-state index contributed by atoms with van der Waals surface area (Å²) in [5.41, 5.74) is 5.72. The van der Waals surface area contributed by atoms with Gasteiger partial charge in [-0.1, -0.05) is 32.0 Å². The molecular weight excluding hydrogens is 194 g/mol. The van der Waals surface area contributed by atoms with E-state index in [2.05, 4.69) is 0 Å². The fraction of sp³-hybridized carbons (Fsp3) is 0.364. The first-order valence-corrected chi connectivity index (χ1v) is 4.84. The van der Waals surface area contributed by atoms with Gasteiger partial charge in [-0.15, -0.1) is 0 Å². The highest BCUT2D eigenvalue weighted by Crippen LogP contribution is 2.17. The molecule has 1 aromatic rings. The standard InChI is InChI=1S/C9H11NO3.C2H6/c10-9(12)5-7-3-1-2-4-8(7)13-6-11;1-2/h1-4,11H,5-6H2,(H2,10,12);1-2H3. The first kappa shape index (κ1) is 13.4. The van der Waals surface area contributed by atoms with Crippen LogP contribution in [-0.2, 0) is 11.2 Å². The van der Waals surface area contributed by atoms with Gasteiger partial charge >= 0.3 is 0 Å². The largest absolute Gasteiger partial charge is 0.467 e. The third-order valence-electron chi connectivity index (χ3n) is 1.56. The summed E-state index contributed by atoms with van der Waals surface area (Å²) in [6.45, 7) is 3.59. The molecule has 0 aliphatic heterocycles. The Balaban J connectivity index is 0.000000921. The Morgan fingerprint density at radius 2 is 2.00 bits per heavy atom. The van der Waals surface area contributed by atoms with Crippen molar-refractivity contribution in [2.45, 2.75) is 20.3 Å². The van der Waals surface area contributed by atoms with Crippen LogP contribution in [0.15, 0.2) is 24.3 Å². The van der Waals surface area contributed by atoms with Crippen LogP contribution >= 0.6 is 0 Å². The van der Waals surface area contributed by atoms with Crippen molar-refractivity contribution < 1.29 is 14.6 Å². The predicted octanol–water partition coefficient (Wildman–Crippen LogP) is 1.07. The van der Waals surface area contributed by atoms with Gasteiger partial charge in [0.1, 0.15) is 5.75 Å². The molecule has 0 aromatic heterocycles. The maximum absolute atomic E-state index is 10.6. The van der Waals surface area contributed by atoms with E-state index in [1.165, 1.54) is 0 Å². The number of benzene rings is 1. The minimum absolute atomic E-state index is 0.121. The summed E-state index contributed by atoms with van der Waals surface area (Å²) in [4.78, 5) is 10.6. The van der Waals surface area contributed by atoms with Crippen LogP contribution in [0.2, 0.25) is 0 Å². The van der Waals surface area contributed by atoms with E-state index in [0.717, 1.165) is 0 Å². The molecular formula is C11H17NO3. The van der Waals surface area contributed by atoms with Crippen molar-refractivity contribution in [3.8, 4) is 5.75 Å². The van der Waals surface area contributed by atoms with Crippen LogP contribution in [0.5, 0.6) is 5.75 Å². The van der Waals surface area contributed by atoms with Crippen molar-refractivity contribution in [3.63, 3.8) is 0 Å². The number of primary amides is 1. The molecule has 0 aliphatic rings. The second-order valence-electron chi connectivity index (χ2n) is 2.52. The van der Waals surface area contributed by atoms with Crippen molar-refractivity contribution in [3.05, 3.63) is 29.8 Å². The summed E-state index contributed by atoms with van der Waals surface area (Å²) < 4.78 is 4.89. The maximum Gasteiger partial charge on any atom is 0.221 e. The minimum Gasteiger partial charge on any atom is -0.467 e. The lowest BCUT2D eigenvalue weighted by Gasteiger charge is -2.06. The molecule has 1 rings (SSSR count). The molecule has 0 aliphatic carbocycles. The van der Waals surface area contributed by atoms with E-state index in [4.69, 9.17) is 15.6 Å². The van der Waals surface area contributed by atoms with Crippen LogP contribution in [0, 0.1) is 0 Å². The molecule has 0 radical (unpaired) electrons. The van der Waals surface area contributed by atoms with Gasteiger partial charge < -0.3 is 15.6 Å².